The van der Waals surface area contributed by atoms with E-state index in [-0.39, 0.29) is 17.6 Å². The van der Waals surface area contributed by atoms with Gasteiger partial charge in [0.05, 0.1) is 6.04 Å². The Balaban J connectivity index is 1.07. The number of thioether (sulfide) groups is 1. The van der Waals surface area contributed by atoms with Gasteiger partial charge in [-0.1, -0.05) is 24.6 Å². The molecule has 2 aromatic carbocycles. The molecule has 43 heavy (non-hydrogen) atoms. The van der Waals surface area contributed by atoms with Crippen LogP contribution in [0.25, 0.3) is 0 Å². The number of anilines is 2. The summed E-state index contributed by atoms with van der Waals surface area (Å²) in [5.41, 5.74) is 9.79. The Bertz CT molecular complexity index is 1350. The summed E-state index contributed by atoms with van der Waals surface area (Å²) in [5.74, 6) is 1.52. The molecule has 1 atom stereocenters. The summed E-state index contributed by atoms with van der Waals surface area (Å²) in [5, 5.41) is 4.00. The van der Waals surface area contributed by atoms with E-state index in [1.54, 1.807) is 36.3 Å². The Kier molecular flexibility index (Phi) is 11.3. The Hall–Kier alpha value is -2.76. The number of carbonyl (C=O) groups is 1. The van der Waals surface area contributed by atoms with Crippen molar-refractivity contribution in [2.45, 2.75) is 43.7 Å². The van der Waals surface area contributed by atoms with Crippen molar-refractivity contribution in [2.75, 3.05) is 56.9 Å². The van der Waals surface area contributed by atoms with Crippen LogP contribution in [0.15, 0.2) is 59.8 Å². The van der Waals surface area contributed by atoms with Crippen molar-refractivity contribution in [2.24, 2.45) is 11.7 Å². The second-order valence-corrected chi connectivity index (χ2v) is 13.0. The molecule has 2 saturated heterocycles. The quantitative estimate of drug-likeness (QED) is 0.286. The lowest BCUT2D eigenvalue weighted by atomic mass is 9.88. The third kappa shape index (κ3) is 8.67. The summed E-state index contributed by atoms with van der Waals surface area (Å²) in [4.78, 5) is 29.6. The van der Waals surface area contributed by atoms with Gasteiger partial charge in [0.15, 0.2) is 0 Å². The normalized spacial score (nSPS) is 17.6. The minimum atomic E-state index is -0.465. The van der Waals surface area contributed by atoms with E-state index < -0.39 is 6.04 Å². The van der Waals surface area contributed by atoms with E-state index in [0.717, 1.165) is 86.0 Å². The topological polar surface area (TPSA) is 90.6 Å². The van der Waals surface area contributed by atoms with Crippen molar-refractivity contribution in [1.29, 1.82) is 0 Å². The highest BCUT2D eigenvalue weighted by atomic mass is 35.5. The van der Waals surface area contributed by atoms with E-state index in [0.29, 0.717) is 24.1 Å². The number of aromatic nitrogens is 2. The van der Waals surface area contributed by atoms with Gasteiger partial charge < -0.3 is 20.9 Å². The molecule has 0 radical (unpaired) electrons. The minimum absolute atomic E-state index is 0.0693. The molecule has 1 amide bonds. The van der Waals surface area contributed by atoms with Gasteiger partial charge in [-0.15, -0.1) is 11.8 Å². The van der Waals surface area contributed by atoms with Crippen molar-refractivity contribution < 1.29 is 9.18 Å². The van der Waals surface area contributed by atoms with Crippen LogP contribution in [0.5, 0.6) is 0 Å². The zero-order valence-corrected chi connectivity index (χ0v) is 26.3. The van der Waals surface area contributed by atoms with Crippen LogP contribution in [0, 0.1) is 11.7 Å². The highest BCUT2D eigenvalue weighted by Crippen LogP contribution is 2.27. The first-order valence-electron chi connectivity index (χ1n) is 15.1. The van der Waals surface area contributed by atoms with Crippen LogP contribution in [0.2, 0.25) is 5.02 Å². The SMILES string of the molecule is CCSc1cc(F)ccc1CN1CCN(C(=O)[C@H](N)C2CCN(CCc3cc(Cl)ccc3Nc3ncccn3)CC2)CC1. The van der Waals surface area contributed by atoms with Gasteiger partial charge in [0.2, 0.25) is 11.9 Å². The lowest BCUT2D eigenvalue weighted by Gasteiger charge is -2.39. The summed E-state index contributed by atoms with van der Waals surface area (Å²) < 4.78 is 13.7. The molecule has 8 nitrogen and oxygen atoms in total. The van der Waals surface area contributed by atoms with Crippen molar-refractivity contribution in [1.82, 2.24) is 24.7 Å². The first-order valence-corrected chi connectivity index (χ1v) is 16.5. The van der Waals surface area contributed by atoms with E-state index in [2.05, 4.69) is 32.0 Å². The van der Waals surface area contributed by atoms with Gasteiger partial charge in [-0.05, 0) is 91.5 Å². The van der Waals surface area contributed by atoms with Crippen LogP contribution < -0.4 is 11.1 Å². The average molecular weight is 626 g/mol. The largest absolute Gasteiger partial charge is 0.339 e. The molecule has 5 rings (SSSR count). The highest BCUT2D eigenvalue weighted by molar-refractivity contribution is 7.99. The van der Waals surface area contributed by atoms with Gasteiger partial charge in [-0.2, -0.15) is 0 Å². The number of carbonyl (C=O) groups excluding carboxylic acids is 1. The third-order valence-electron chi connectivity index (χ3n) is 8.41. The molecule has 2 aliphatic rings. The van der Waals surface area contributed by atoms with Gasteiger partial charge in [0.25, 0.3) is 0 Å². The monoisotopic (exact) mass is 625 g/mol. The number of piperidine rings is 1. The molecular formula is C32H41ClFN7OS. The maximum atomic E-state index is 13.7. The zero-order chi connectivity index (χ0) is 30.2. The molecule has 0 bridgehead atoms. The number of amides is 1. The van der Waals surface area contributed by atoms with E-state index in [1.807, 2.05) is 29.2 Å². The van der Waals surface area contributed by atoms with E-state index in [1.165, 1.54) is 6.07 Å². The summed E-state index contributed by atoms with van der Waals surface area (Å²) >= 11 is 7.99. The van der Waals surface area contributed by atoms with Crippen molar-refractivity contribution in [3.63, 3.8) is 0 Å². The van der Waals surface area contributed by atoms with Crippen LogP contribution in [-0.2, 0) is 17.8 Å². The zero-order valence-electron chi connectivity index (χ0n) is 24.7. The molecule has 2 fully saturated rings. The Labute approximate surface area is 263 Å². The lowest BCUT2D eigenvalue weighted by Crippen LogP contribution is -2.55. The molecule has 11 heteroatoms. The maximum absolute atomic E-state index is 13.7. The van der Waals surface area contributed by atoms with Crippen molar-refractivity contribution >= 4 is 40.9 Å². The molecule has 0 unspecified atom stereocenters. The molecule has 1 aromatic heterocycles. The van der Waals surface area contributed by atoms with Gasteiger partial charge in [-0.25, -0.2) is 14.4 Å². The fourth-order valence-electron chi connectivity index (χ4n) is 5.92. The minimum Gasteiger partial charge on any atom is -0.339 e. The summed E-state index contributed by atoms with van der Waals surface area (Å²) in [6.07, 6.45) is 6.08. The van der Waals surface area contributed by atoms with Crippen molar-refractivity contribution in [3.8, 4) is 0 Å². The van der Waals surface area contributed by atoms with Gasteiger partial charge in [0, 0.05) is 67.3 Å². The second kappa shape index (κ2) is 15.3. The fraction of sp³-hybridized carbons (Fsp3) is 0.469. The Morgan fingerprint density at radius 3 is 2.51 bits per heavy atom. The van der Waals surface area contributed by atoms with Crippen LogP contribution in [0.1, 0.15) is 30.9 Å². The van der Waals surface area contributed by atoms with Crippen LogP contribution in [-0.4, -0.2) is 88.2 Å². The number of hydrogen-bond acceptors (Lipinski definition) is 8. The molecule has 0 aliphatic carbocycles. The van der Waals surface area contributed by atoms with Crippen LogP contribution in [0.4, 0.5) is 16.0 Å². The summed E-state index contributed by atoms with van der Waals surface area (Å²) in [6, 6.07) is 12.2. The number of nitrogens with two attached hydrogens (primary N) is 1. The number of benzene rings is 2. The maximum Gasteiger partial charge on any atom is 0.239 e. The average Bonchev–Trinajstić information content (AvgIpc) is 3.03. The lowest BCUT2D eigenvalue weighted by molar-refractivity contribution is -0.136. The van der Waals surface area contributed by atoms with Crippen LogP contribution in [0.3, 0.4) is 0 Å². The summed E-state index contributed by atoms with van der Waals surface area (Å²) in [7, 11) is 0. The number of nitrogens with one attached hydrogen (secondary N) is 1. The fourth-order valence-corrected chi connectivity index (χ4v) is 6.94. The smallest absolute Gasteiger partial charge is 0.239 e. The number of hydrogen-bond donors (Lipinski definition) is 2. The highest BCUT2D eigenvalue weighted by Gasteiger charge is 2.32. The van der Waals surface area contributed by atoms with Gasteiger partial charge in [-0.3, -0.25) is 9.69 Å². The predicted octanol–water partition coefficient (Wildman–Crippen LogP) is 5.05. The molecule has 0 saturated carbocycles. The van der Waals surface area contributed by atoms with E-state index in [4.69, 9.17) is 17.3 Å². The first-order chi connectivity index (χ1) is 20.9. The van der Waals surface area contributed by atoms with E-state index >= 15 is 0 Å². The van der Waals surface area contributed by atoms with Gasteiger partial charge >= 0.3 is 0 Å². The second-order valence-electron chi connectivity index (χ2n) is 11.2. The molecule has 2 aliphatic heterocycles. The number of rotatable bonds is 11. The first kappa shape index (κ1) is 31.7. The number of likely N-dealkylation sites (tertiary alicyclic amines) is 1. The molecule has 0 spiro atoms. The molecule has 3 aromatic rings. The molecular weight excluding hydrogens is 585 g/mol. The number of halogens is 2. The van der Waals surface area contributed by atoms with Gasteiger partial charge in [0.1, 0.15) is 5.82 Å². The third-order valence-corrected chi connectivity index (χ3v) is 9.62. The number of nitrogens with zero attached hydrogens (tertiary/aromatic N) is 5. The molecule has 230 valence electrons. The predicted molar refractivity (Wildman–Crippen MR) is 172 cm³/mol. The Morgan fingerprint density at radius 2 is 1.79 bits per heavy atom. The standard InChI is InChI=1S/C32H41ClFN7OS/c1-2-43-29-21-27(34)6-4-25(29)22-40-16-18-41(19-17-40)31(42)30(35)23-8-13-39(14-9-23)15-10-24-20-26(33)5-7-28(24)38-32-36-11-3-12-37-32/h3-7,11-12,20-21,23,30H,2,8-10,13-19,22,35H2,1H3,(H,36,37,38)/t30-/m1/s1. The molecule has 3 heterocycles. The Morgan fingerprint density at radius 1 is 1.05 bits per heavy atom. The number of piperazine rings is 1. The van der Waals surface area contributed by atoms with Crippen LogP contribution >= 0.6 is 23.4 Å². The molecule has 3 N–H and O–H groups in total. The summed E-state index contributed by atoms with van der Waals surface area (Å²) in [6.45, 7) is 8.51. The van der Waals surface area contributed by atoms with Crippen molar-refractivity contribution in [3.05, 3.63) is 76.8 Å². The van der Waals surface area contributed by atoms with E-state index in [9.17, 15) is 9.18 Å².